The maximum Gasteiger partial charge on any atom is 0.313 e. The van der Waals surface area contributed by atoms with Gasteiger partial charge in [-0.1, -0.05) is 36.4 Å². The fraction of sp³-hybridized carbons (Fsp3) is 0.548. The summed E-state index contributed by atoms with van der Waals surface area (Å²) in [5, 5.41) is 21.0. The number of nitrogens with zero attached hydrogens (tertiary/aromatic N) is 2. The number of carbonyl (C=O) groups is 2. The number of aliphatic hydroxyl groups excluding tert-OH is 2. The highest BCUT2D eigenvalue weighted by Gasteiger charge is 2.42. The van der Waals surface area contributed by atoms with Gasteiger partial charge in [0.2, 0.25) is 5.91 Å². The van der Waals surface area contributed by atoms with Crippen LogP contribution in [0.3, 0.4) is 0 Å². The number of hydrogen-bond donors (Lipinski definition) is 2. The van der Waals surface area contributed by atoms with E-state index in [1.807, 2.05) is 13.0 Å². The number of aliphatic hydroxyl groups is 2. The minimum atomic E-state index is -1.06. The maximum atomic E-state index is 14.4. The highest BCUT2D eigenvalue weighted by molar-refractivity contribution is 5.84. The molecule has 1 amide bonds. The summed E-state index contributed by atoms with van der Waals surface area (Å²) in [5.41, 5.74) is 0.239. The maximum absolute atomic E-state index is 14.4. The Bertz CT molecular complexity index is 1130. The van der Waals surface area contributed by atoms with E-state index in [1.54, 1.807) is 45.2 Å². The van der Waals surface area contributed by atoms with Gasteiger partial charge in [-0.15, -0.1) is 0 Å². The molecular weight excluding hydrogens is 518 g/mol. The second-order valence-electron chi connectivity index (χ2n) is 11.1. The average Bonchev–Trinajstić information content (AvgIpc) is 2.94. The van der Waals surface area contributed by atoms with Crippen molar-refractivity contribution in [2.24, 2.45) is 11.3 Å². The Kier molecular flexibility index (Phi) is 11.2. The van der Waals surface area contributed by atoms with Crippen LogP contribution in [-0.2, 0) is 14.3 Å². The molecule has 1 heterocycles. The van der Waals surface area contributed by atoms with Gasteiger partial charge < -0.3 is 24.7 Å². The number of ether oxygens (including phenoxy) is 1. The quantitative estimate of drug-likeness (QED) is 0.377. The van der Waals surface area contributed by atoms with E-state index in [2.05, 4.69) is 4.90 Å². The summed E-state index contributed by atoms with van der Waals surface area (Å²) in [5.74, 6) is -4.13. The smallest absolute Gasteiger partial charge is 0.313 e. The molecule has 0 saturated carbocycles. The molecule has 0 aliphatic carbocycles. The average molecular weight is 561 g/mol. The number of amides is 1. The van der Waals surface area contributed by atoms with Crippen LogP contribution in [0.25, 0.3) is 0 Å². The zero-order chi connectivity index (χ0) is 29.4. The van der Waals surface area contributed by atoms with E-state index in [1.165, 1.54) is 11.0 Å². The highest BCUT2D eigenvalue weighted by atomic mass is 19.2. The van der Waals surface area contributed by atoms with Gasteiger partial charge in [-0.05, 0) is 75.8 Å². The summed E-state index contributed by atoms with van der Waals surface area (Å²) in [4.78, 5) is 30.3. The number of carbonyl (C=O) groups excluding carboxylic acids is 2. The van der Waals surface area contributed by atoms with Gasteiger partial charge >= 0.3 is 5.97 Å². The number of rotatable bonds is 12. The molecule has 2 N–H and O–H groups in total. The summed E-state index contributed by atoms with van der Waals surface area (Å²) in [6.07, 6.45) is 0.691. The molecule has 5 atom stereocenters. The Balaban J connectivity index is 1.93. The number of benzene rings is 2. The molecule has 0 radical (unpaired) electrons. The lowest BCUT2D eigenvalue weighted by Crippen LogP contribution is -2.50. The van der Waals surface area contributed by atoms with Gasteiger partial charge in [0.05, 0.1) is 30.1 Å². The fourth-order valence-electron chi connectivity index (χ4n) is 5.72. The van der Waals surface area contributed by atoms with E-state index < -0.39 is 41.0 Å². The Hall–Kier alpha value is -2.88. The van der Waals surface area contributed by atoms with Crippen LogP contribution in [0, 0.1) is 23.0 Å². The third-order valence-corrected chi connectivity index (χ3v) is 8.13. The van der Waals surface area contributed by atoms with Crippen molar-refractivity contribution in [3.8, 4) is 0 Å². The van der Waals surface area contributed by atoms with Crippen LogP contribution in [-0.4, -0.2) is 77.8 Å². The second-order valence-corrected chi connectivity index (χ2v) is 11.1. The van der Waals surface area contributed by atoms with Gasteiger partial charge in [0.1, 0.15) is 0 Å². The molecule has 0 aromatic heterocycles. The molecule has 1 aliphatic heterocycles. The van der Waals surface area contributed by atoms with Gasteiger partial charge in [0, 0.05) is 26.7 Å². The van der Waals surface area contributed by atoms with Gasteiger partial charge in [0.25, 0.3) is 0 Å². The van der Waals surface area contributed by atoms with E-state index in [4.69, 9.17) is 4.74 Å². The monoisotopic (exact) mass is 560 g/mol. The zero-order valence-corrected chi connectivity index (χ0v) is 23.9. The molecule has 7 nitrogen and oxygen atoms in total. The third kappa shape index (κ3) is 7.44. The predicted octanol–water partition coefficient (Wildman–Crippen LogP) is 4.29. The standard InChI is InChI=1S/C31H42F2N2O5/c1-5-40-30(39)31(3)15-9-16-35(20-31)19-24(14-17-36)27(23-12-13-25(32)26(33)18-23)29(38)34(4)21(2)28(37)22-10-7-6-8-11-22/h6-8,10-13,18,21,24,27-28,36-37H,5,9,14-17,19-20H2,1-4H3/t21-,24+,27-,28+,31-/m1/s1. The van der Waals surface area contributed by atoms with Crippen molar-refractivity contribution in [1.82, 2.24) is 9.80 Å². The van der Waals surface area contributed by atoms with Crippen molar-refractivity contribution in [2.75, 3.05) is 39.9 Å². The summed E-state index contributed by atoms with van der Waals surface area (Å²) in [6.45, 7) is 6.91. The molecule has 1 fully saturated rings. The molecule has 40 heavy (non-hydrogen) atoms. The summed E-state index contributed by atoms with van der Waals surface area (Å²) < 4.78 is 33.6. The first-order valence-electron chi connectivity index (χ1n) is 14.0. The van der Waals surface area contributed by atoms with Crippen molar-refractivity contribution in [3.63, 3.8) is 0 Å². The second kappa shape index (κ2) is 14.1. The number of esters is 1. The van der Waals surface area contributed by atoms with E-state index in [0.29, 0.717) is 37.2 Å². The molecule has 220 valence electrons. The largest absolute Gasteiger partial charge is 0.466 e. The van der Waals surface area contributed by atoms with Crippen molar-refractivity contribution in [3.05, 3.63) is 71.3 Å². The highest BCUT2D eigenvalue weighted by Crippen LogP contribution is 2.36. The van der Waals surface area contributed by atoms with Gasteiger partial charge in [-0.2, -0.15) is 0 Å². The lowest BCUT2D eigenvalue weighted by molar-refractivity contribution is -0.158. The van der Waals surface area contributed by atoms with Crippen LogP contribution in [0.4, 0.5) is 8.78 Å². The normalized spacial score (nSPS) is 20.8. The third-order valence-electron chi connectivity index (χ3n) is 8.13. The topological polar surface area (TPSA) is 90.3 Å². The molecule has 3 rings (SSSR count). The first kappa shape index (κ1) is 31.6. The predicted molar refractivity (Wildman–Crippen MR) is 148 cm³/mol. The Morgan fingerprint density at radius 2 is 1.82 bits per heavy atom. The van der Waals surface area contributed by atoms with E-state index in [0.717, 1.165) is 18.6 Å². The number of likely N-dealkylation sites (tertiary alicyclic amines) is 1. The number of halogens is 2. The van der Waals surface area contributed by atoms with Crippen LogP contribution >= 0.6 is 0 Å². The number of hydrogen-bond acceptors (Lipinski definition) is 6. The molecule has 1 aliphatic rings. The minimum absolute atomic E-state index is 0.215. The lowest BCUT2D eigenvalue weighted by atomic mass is 9.79. The van der Waals surface area contributed by atoms with Crippen molar-refractivity contribution in [1.29, 1.82) is 0 Å². The van der Waals surface area contributed by atoms with Crippen molar-refractivity contribution in [2.45, 2.75) is 58.1 Å². The Morgan fingerprint density at radius 3 is 2.45 bits per heavy atom. The number of piperidine rings is 1. The molecule has 0 spiro atoms. The van der Waals surface area contributed by atoms with E-state index >= 15 is 0 Å². The Morgan fingerprint density at radius 1 is 1.12 bits per heavy atom. The van der Waals surface area contributed by atoms with Crippen LogP contribution in [0.5, 0.6) is 0 Å². The van der Waals surface area contributed by atoms with Crippen LogP contribution in [0.2, 0.25) is 0 Å². The molecular formula is C31H42F2N2O5. The molecule has 9 heteroatoms. The van der Waals surface area contributed by atoms with Crippen LogP contribution in [0.1, 0.15) is 63.2 Å². The fourth-order valence-corrected chi connectivity index (χ4v) is 5.72. The minimum Gasteiger partial charge on any atom is -0.466 e. The summed E-state index contributed by atoms with van der Waals surface area (Å²) >= 11 is 0. The first-order valence-corrected chi connectivity index (χ1v) is 14.0. The van der Waals surface area contributed by atoms with Crippen molar-refractivity contribution >= 4 is 11.9 Å². The lowest BCUT2D eigenvalue weighted by Gasteiger charge is -2.42. The molecule has 0 bridgehead atoms. The van der Waals surface area contributed by atoms with Gasteiger partial charge in [-0.3, -0.25) is 9.59 Å². The SMILES string of the molecule is CCOC(=O)[C@]1(C)CCCN(C[C@H](CCO)[C@H](C(=O)N(C)[C@H](C)[C@H](O)c2ccccc2)c2ccc(F)c(F)c2)C1. The molecule has 2 aromatic carbocycles. The van der Waals surface area contributed by atoms with E-state index in [-0.39, 0.29) is 31.5 Å². The molecule has 1 saturated heterocycles. The number of likely N-dealkylation sites (N-methyl/N-ethyl adjacent to an activating group) is 1. The van der Waals surface area contributed by atoms with E-state index in [9.17, 15) is 28.6 Å². The molecule has 0 unspecified atom stereocenters. The molecule has 2 aromatic rings. The Labute approximate surface area is 235 Å². The van der Waals surface area contributed by atoms with Crippen molar-refractivity contribution < 1.29 is 33.3 Å². The van der Waals surface area contributed by atoms with Gasteiger partial charge in [0.15, 0.2) is 11.6 Å². The summed E-state index contributed by atoms with van der Waals surface area (Å²) in [7, 11) is 1.58. The first-order chi connectivity index (χ1) is 19.0. The summed E-state index contributed by atoms with van der Waals surface area (Å²) in [6, 6.07) is 11.8. The van der Waals surface area contributed by atoms with Crippen LogP contribution in [0.15, 0.2) is 48.5 Å². The van der Waals surface area contributed by atoms with Crippen LogP contribution < -0.4 is 0 Å². The zero-order valence-electron chi connectivity index (χ0n) is 23.9. The van der Waals surface area contributed by atoms with Gasteiger partial charge in [-0.25, -0.2) is 8.78 Å².